The fourth-order valence-electron chi connectivity index (χ4n) is 2.74. The summed E-state index contributed by atoms with van der Waals surface area (Å²) in [4.78, 5) is 17.5. The number of nitriles is 1. The number of carbonyl (C=O) groups is 1. The number of benzene rings is 1. The van der Waals surface area contributed by atoms with Gasteiger partial charge in [0.1, 0.15) is 22.6 Å². The number of nitrogens with zero attached hydrogens (tertiary/aromatic N) is 2. The number of thioether (sulfide) groups is 1. The van der Waals surface area contributed by atoms with Crippen molar-refractivity contribution < 1.29 is 14.3 Å². The van der Waals surface area contributed by atoms with E-state index in [1.807, 2.05) is 13.0 Å². The molecule has 0 aliphatic carbocycles. The Morgan fingerprint density at radius 2 is 1.86 bits per heavy atom. The van der Waals surface area contributed by atoms with Gasteiger partial charge in [0.2, 0.25) is 5.91 Å². The van der Waals surface area contributed by atoms with Crippen molar-refractivity contribution in [3.8, 4) is 17.6 Å². The number of carbonyl (C=O) groups excluding carboxylic acids is 1. The van der Waals surface area contributed by atoms with Gasteiger partial charge in [0.15, 0.2) is 0 Å². The van der Waals surface area contributed by atoms with Crippen LogP contribution in [0.1, 0.15) is 38.4 Å². The first-order valence-electron chi connectivity index (χ1n) is 9.50. The standard InChI is InChI=1S/C22H27N3O3S/c1-6-20(21(26)24-17-10-18(27-4)12-19(11-17)28-5)29-22-15(13-23)7-8-16(25-22)9-14(2)3/h7-8,10-12,14,20H,6,9H2,1-5H3,(H,24,26). The highest BCUT2D eigenvalue weighted by atomic mass is 32.2. The van der Waals surface area contributed by atoms with Gasteiger partial charge in [-0.3, -0.25) is 4.79 Å². The maximum Gasteiger partial charge on any atom is 0.237 e. The normalized spacial score (nSPS) is 11.6. The van der Waals surface area contributed by atoms with E-state index in [1.165, 1.54) is 11.8 Å². The van der Waals surface area contributed by atoms with Crippen LogP contribution in [0.15, 0.2) is 35.4 Å². The van der Waals surface area contributed by atoms with Crippen LogP contribution in [0.2, 0.25) is 0 Å². The Labute approximate surface area is 176 Å². The molecule has 0 bridgehead atoms. The lowest BCUT2D eigenvalue weighted by Crippen LogP contribution is -2.25. The maximum absolute atomic E-state index is 12.9. The molecule has 2 aromatic rings. The summed E-state index contributed by atoms with van der Waals surface area (Å²) in [7, 11) is 3.12. The van der Waals surface area contributed by atoms with E-state index in [1.54, 1.807) is 38.5 Å². The number of aromatic nitrogens is 1. The van der Waals surface area contributed by atoms with Crippen LogP contribution < -0.4 is 14.8 Å². The van der Waals surface area contributed by atoms with Gasteiger partial charge in [-0.2, -0.15) is 5.26 Å². The zero-order valence-electron chi connectivity index (χ0n) is 17.5. The van der Waals surface area contributed by atoms with Gasteiger partial charge in [-0.15, -0.1) is 0 Å². The monoisotopic (exact) mass is 413 g/mol. The first kappa shape index (κ1) is 22.6. The average molecular weight is 414 g/mol. The molecule has 1 aromatic carbocycles. The molecule has 1 N–H and O–H groups in total. The van der Waals surface area contributed by atoms with Crippen molar-refractivity contribution in [1.82, 2.24) is 4.98 Å². The highest BCUT2D eigenvalue weighted by molar-refractivity contribution is 8.00. The van der Waals surface area contributed by atoms with Crippen molar-refractivity contribution in [2.24, 2.45) is 5.92 Å². The second-order valence-electron chi connectivity index (χ2n) is 6.97. The molecular weight excluding hydrogens is 386 g/mol. The molecule has 0 aliphatic rings. The van der Waals surface area contributed by atoms with E-state index in [0.717, 1.165) is 12.1 Å². The number of pyridine rings is 1. The molecule has 0 saturated heterocycles. The molecule has 7 heteroatoms. The molecule has 0 fully saturated rings. The number of amides is 1. The smallest absolute Gasteiger partial charge is 0.237 e. The van der Waals surface area contributed by atoms with Crippen LogP contribution in [0.4, 0.5) is 5.69 Å². The third-order valence-corrected chi connectivity index (χ3v) is 5.56. The summed E-state index contributed by atoms with van der Waals surface area (Å²) in [5, 5.41) is 12.6. The van der Waals surface area contributed by atoms with E-state index < -0.39 is 0 Å². The lowest BCUT2D eigenvalue weighted by atomic mass is 10.1. The minimum Gasteiger partial charge on any atom is -0.497 e. The molecule has 1 aromatic heterocycles. The number of nitrogens with one attached hydrogen (secondary N) is 1. The average Bonchev–Trinajstić information content (AvgIpc) is 2.71. The van der Waals surface area contributed by atoms with E-state index in [0.29, 0.717) is 40.1 Å². The predicted molar refractivity (Wildman–Crippen MR) is 116 cm³/mol. The van der Waals surface area contributed by atoms with Gasteiger partial charge in [0, 0.05) is 29.6 Å². The molecule has 0 spiro atoms. The van der Waals surface area contributed by atoms with Gasteiger partial charge in [-0.05, 0) is 30.9 Å². The van der Waals surface area contributed by atoms with Crippen molar-refractivity contribution in [3.05, 3.63) is 41.6 Å². The Morgan fingerprint density at radius 1 is 1.21 bits per heavy atom. The maximum atomic E-state index is 12.9. The molecule has 1 amide bonds. The summed E-state index contributed by atoms with van der Waals surface area (Å²) in [6, 6.07) is 11.1. The Bertz CT molecular complexity index is 871. The first-order valence-corrected chi connectivity index (χ1v) is 10.4. The third-order valence-electron chi connectivity index (χ3n) is 4.19. The molecule has 6 nitrogen and oxygen atoms in total. The van der Waals surface area contributed by atoms with Gasteiger partial charge in [-0.1, -0.05) is 32.5 Å². The van der Waals surface area contributed by atoms with Crippen molar-refractivity contribution in [2.75, 3.05) is 19.5 Å². The molecule has 29 heavy (non-hydrogen) atoms. The number of hydrogen-bond acceptors (Lipinski definition) is 6. The Morgan fingerprint density at radius 3 is 2.38 bits per heavy atom. The first-order chi connectivity index (χ1) is 13.9. The van der Waals surface area contributed by atoms with Gasteiger partial charge >= 0.3 is 0 Å². The number of rotatable bonds is 9. The fraction of sp³-hybridized carbons (Fsp3) is 0.409. The molecule has 1 atom stereocenters. The van der Waals surface area contributed by atoms with Crippen LogP contribution >= 0.6 is 11.8 Å². The summed E-state index contributed by atoms with van der Waals surface area (Å²) >= 11 is 1.32. The minimum absolute atomic E-state index is 0.159. The number of methoxy groups -OCH3 is 2. The summed E-state index contributed by atoms with van der Waals surface area (Å²) < 4.78 is 10.5. The van der Waals surface area contributed by atoms with Crippen molar-refractivity contribution in [3.63, 3.8) is 0 Å². The predicted octanol–water partition coefficient (Wildman–Crippen LogP) is 4.68. The lowest BCUT2D eigenvalue weighted by Gasteiger charge is -2.16. The van der Waals surface area contributed by atoms with Crippen LogP contribution in [0.25, 0.3) is 0 Å². The number of hydrogen-bond donors (Lipinski definition) is 1. The van der Waals surface area contributed by atoms with Crippen molar-refractivity contribution >= 4 is 23.4 Å². The molecule has 0 saturated carbocycles. The molecule has 1 unspecified atom stereocenters. The number of ether oxygens (including phenoxy) is 2. The molecule has 2 rings (SSSR count). The summed E-state index contributed by atoms with van der Waals surface area (Å²) in [6.45, 7) is 6.18. The second-order valence-corrected chi connectivity index (χ2v) is 8.16. The van der Waals surface area contributed by atoms with E-state index in [4.69, 9.17) is 9.47 Å². The molecule has 154 valence electrons. The highest BCUT2D eigenvalue weighted by Crippen LogP contribution is 2.30. The molecule has 0 aliphatic heterocycles. The Kier molecular flexibility index (Phi) is 8.34. The van der Waals surface area contributed by atoms with E-state index in [2.05, 4.69) is 30.2 Å². The van der Waals surface area contributed by atoms with Gasteiger partial charge in [-0.25, -0.2) is 4.98 Å². The van der Waals surface area contributed by atoms with E-state index in [9.17, 15) is 10.1 Å². The van der Waals surface area contributed by atoms with Crippen LogP contribution in [-0.4, -0.2) is 30.4 Å². The molecule has 1 heterocycles. The van der Waals surface area contributed by atoms with E-state index >= 15 is 0 Å². The van der Waals surface area contributed by atoms with Gasteiger partial charge < -0.3 is 14.8 Å². The summed E-state index contributed by atoms with van der Waals surface area (Å²) in [5.74, 6) is 1.49. The SMILES string of the molecule is CCC(Sc1nc(CC(C)C)ccc1C#N)C(=O)Nc1cc(OC)cc(OC)c1. The zero-order valence-corrected chi connectivity index (χ0v) is 18.3. The van der Waals surface area contributed by atoms with Gasteiger partial charge in [0.05, 0.1) is 25.0 Å². The highest BCUT2D eigenvalue weighted by Gasteiger charge is 2.21. The van der Waals surface area contributed by atoms with Crippen LogP contribution in [0.5, 0.6) is 11.5 Å². The second kappa shape index (κ2) is 10.7. The third kappa shape index (κ3) is 6.40. The van der Waals surface area contributed by atoms with Crippen molar-refractivity contribution in [2.45, 2.75) is 43.9 Å². The quantitative estimate of drug-likeness (QED) is 0.601. The lowest BCUT2D eigenvalue weighted by molar-refractivity contribution is -0.115. The zero-order chi connectivity index (χ0) is 21.4. The van der Waals surface area contributed by atoms with E-state index in [-0.39, 0.29) is 11.2 Å². The Hall–Kier alpha value is -2.72. The molecule has 0 radical (unpaired) electrons. The van der Waals surface area contributed by atoms with Crippen LogP contribution in [-0.2, 0) is 11.2 Å². The fourth-order valence-corrected chi connectivity index (χ4v) is 3.76. The van der Waals surface area contributed by atoms with Crippen molar-refractivity contribution in [1.29, 1.82) is 5.26 Å². The largest absolute Gasteiger partial charge is 0.497 e. The van der Waals surface area contributed by atoms with Gasteiger partial charge in [0.25, 0.3) is 0 Å². The van der Waals surface area contributed by atoms with Crippen LogP contribution in [0.3, 0.4) is 0 Å². The molecular formula is C22H27N3O3S. The summed E-state index contributed by atoms with van der Waals surface area (Å²) in [5.41, 5.74) is 2.00. The van der Waals surface area contributed by atoms with Crippen LogP contribution in [0, 0.1) is 17.2 Å². The Balaban J connectivity index is 2.21. The minimum atomic E-state index is -0.388. The summed E-state index contributed by atoms with van der Waals surface area (Å²) in [6.07, 6.45) is 1.42. The topological polar surface area (TPSA) is 84.2 Å². The number of anilines is 1.